The van der Waals surface area contributed by atoms with Crippen molar-refractivity contribution in [2.45, 2.75) is 50.5 Å². The number of ether oxygens (including phenoxy) is 1. The summed E-state index contributed by atoms with van der Waals surface area (Å²) in [4.78, 5) is 25.9. The van der Waals surface area contributed by atoms with E-state index >= 15 is 0 Å². The maximum Gasteiger partial charge on any atom is 0.352 e. The number of rotatable bonds is 10. The molecule has 0 fully saturated rings. The Kier molecular flexibility index (Phi) is 8.73. The number of carboxylic acids is 1. The summed E-state index contributed by atoms with van der Waals surface area (Å²) >= 11 is 6.23. The van der Waals surface area contributed by atoms with E-state index < -0.39 is 16.8 Å². The van der Waals surface area contributed by atoms with Gasteiger partial charge in [-0.25, -0.2) is 9.00 Å². The summed E-state index contributed by atoms with van der Waals surface area (Å²) < 4.78 is 21.2. The van der Waals surface area contributed by atoms with Crippen molar-refractivity contribution in [1.82, 2.24) is 4.57 Å². The molecule has 1 atom stereocenters. The molecule has 1 N–H and O–H groups in total. The van der Waals surface area contributed by atoms with Crippen molar-refractivity contribution in [2.24, 2.45) is 0 Å². The molecule has 4 aromatic rings. The number of nitrogens with zero attached hydrogens (tertiary/aromatic N) is 1. The van der Waals surface area contributed by atoms with Crippen molar-refractivity contribution in [3.05, 3.63) is 111 Å². The first-order valence-electron chi connectivity index (χ1n) is 12.5. The fraction of sp³-hybridized carbons (Fsp3) is 0.226. The summed E-state index contributed by atoms with van der Waals surface area (Å²) in [5, 5.41) is 10.7. The van der Waals surface area contributed by atoms with Gasteiger partial charge in [-0.05, 0) is 87.2 Å². The van der Waals surface area contributed by atoms with Crippen molar-refractivity contribution in [3.8, 4) is 5.75 Å². The monoisotopic (exact) mass is 563 g/mol. The Morgan fingerprint density at radius 2 is 1.51 bits per heavy atom. The molecule has 0 spiro atoms. The number of ketones is 1. The van der Waals surface area contributed by atoms with Crippen molar-refractivity contribution in [1.29, 1.82) is 0 Å². The first-order valence-corrected chi connectivity index (χ1v) is 14.1. The van der Waals surface area contributed by atoms with Gasteiger partial charge >= 0.3 is 5.97 Å². The topological polar surface area (TPSA) is 85.6 Å². The molecule has 4 rings (SSSR count). The fourth-order valence-electron chi connectivity index (χ4n) is 4.71. The lowest BCUT2D eigenvalue weighted by atomic mass is 10.0. The van der Waals surface area contributed by atoms with Crippen LogP contribution in [0, 0.1) is 27.7 Å². The second kappa shape index (κ2) is 12.0. The highest BCUT2D eigenvalue weighted by atomic mass is 35.5. The predicted molar refractivity (Wildman–Crippen MR) is 153 cm³/mol. The predicted octanol–water partition coefficient (Wildman–Crippen LogP) is 6.94. The van der Waals surface area contributed by atoms with Crippen LogP contribution in [-0.4, -0.2) is 32.2 Å². The smallest absolute Gasteiger partial charge is 0.352 e. The summed E-state index contributed by atoms with van der Waals surface area (Å²) in [6, 6.07) is 19.3. The van der Waals surface area contributed by atoms with Gasteiger partial charge in [0.15, 0.2) is 5.78 Å². The number of benzene rings is 3. The Bertz CT molecular complexity index is 1540. The van der Waals surface area contributed by atoms with E-state index in [1.54, 1.807) is 66.9 Å². The van der Waals surface area contributed by atoms with E-state index in [0.717, 1.165) is 11.1 Å². The maximum atomic E-state index is 13.6. The van der Waals surface area contributed by atoms with E-state index in [1.165, 1.54) is 0 Å². The molecule has 39 heavy (non-hydrogen) atoms. The van der Waals surface area contributed by atoms with Crippen LogP contribution in [0.15, 0.2) is 76.5 Å². The first-order chi connectivity index (χ1) is 18.6. The summed E-state index contributed by atoms with van der Waals surface area (Å²) in [5.74, 6) is -0.484. The Morgan fingerprint density at radius 3 is 2.10 bits per heavy atom. The molecule has 6 nitrogen and oxygen atoms in total. The van der Waals surface area contributed by atoms with Crippen LogP contribution < -0.4 is 4.74 Å². The lowest BCUT2D eigenvalue weighted by Crippen LogP contribution is -2.13. The number of hydrogen-bond donors (Lipinski definition) is 1. The van der Waals surface area contributed by atoms with Crippen molar-refractivity contribution >= 4 is 34.2 Å². The standard InChI is InChI=1S/C31H30ClNO5S/c1-19-17-25(18-20(2)27(19)32)38-16-8-15-33-22(4)30(21(3)28(33)31(35)36)39(37)26-13-11-24(12-14-26)29(34)23-9-6-5-7-10-23/h5-7,9-14,17-18H,8,15-16H2,1-4H3,(H,35,36). The number of carboxylic acid groups (broad SMARTS) is 1. The highest BCUT2D eigenvalue weighted by Crippen LogP contribution is 2.30. The van der Waals surface area contributed by atoms with Crippen LogP contribution in [0.1, 0.15) is 55.2 Å². The third kappa shape index (κ3) is 6.00. The normalized spacial score (nSPS) is 11.8. The summed E-state index contributed by atoms with van der Waals surface area (Å²) in [7, 11) is -1.63. The van der Waals surface area contributed by atoms with Crippen LogP contribution in [0.2, 0.25) is 5.02 Å². The molecule has 8 heteroatoms. The number of aromatic nitrogens is 1. The summed E-state index contributed by atoms with van der Waals surface area (Å²) in [6.45, 7) is 8.08. The van der Waals surface area contributed by atoms with Crippen LogP contribution in [0.3, 0.4) is 0 Å². The summed E-state index contributed by atoms with van der Waals surface area (Å²) in [5.41, 5.74) is 4.14. The number of carbonyl (C=O) groups is 2. The molecule has 0 aliphatic rings. The van der Waals surface area contributed by atoms with Crippen LogP contribution >= 0.6 is 11.6 Å². The largest absolute Gasteiger partial charge is 0.494 e. The zero-order chi connectivity index (χ0) is 28.3. The minimum absolute atomic E-state index is 0.116. The second-order valence-electron chi connectivity index (χ2n) is 9.41. The minimum atomic E-state index is -1.63. The lowest BCUT2D eigenvalue weighted by Gasteiger charge is -2.12. The lowest BCUT2D eigenvalue weighted by molar-refractivity contribution is 0.0683. The molecule has 0 bridgehead atoms. The van der Waals surface area contributed by atoms with Gasteiger partial charge in [-0.1, -0.05) is 41.9 Å². The molecule has 1 unspecified atom stereocenters. The van der Waals surface area contributed by atoms with E-state index in [-0.39, 0.29) is 11.5 Å². The van der Waals surface area contributed by atoms with Gasteiger partial charge in [0, 0.05) is 33.3 Å². The van der Waals surface area contributed by atoms with Crippen LogP contribution in [-0.2, 0) is 17.3 Å². The highest BCUT2D eigenvalue weighted by molar-refractivity contribution is 7.85. The number of aryl methyl sites for hydroxylation is 2. The Labute approximate surface area is 235 Å². The highest BCUT2D eigenvalue weighted by Gasteiger charge is 2.26. The van der Waals surface area contributed by atoms with E-state index in [9.17, 15) is 18.9 Å². The molecule has 0 amide bonds. The molecule has 0 radical (unpaired) electrons. The van der Waals surface area contributed by atoms with Gasteiger partial charge in [-0.15, -0.1) is 0 Å². The molecule has 0 saturated carbocycles. The van der Waals surface area contributed by atoms with Gasteiger partial charge in [0.1, 0.15) is 11.4 Å². The van der Waals surface area contributed by atoms with Gasteiger partial charge in [0.25, 0.3) is 0 Å². The SMILES string of the molecule is Cc1cc(OCCCn2c(C)c(S(=O)c3ccc(C(=O)c4ccccc4)cc3)c(C)c2C(=O)O)cc(C)c1Cl. The van der Waals surface area contributed by atoms with Crippen LogP contribution in [0.4, 0.5) is 0 Å². The third-order valence-corrected chi connectivity index (χ3v) is 8.93. The molecule has 0 aliphatic heterocycles. The Balaban J connectivity index is 1.52. The average molecular weight is 564 g/mol. The number of halogens is 1. The van der Waals surface area contributed by atoms with Gasteiger partial charge < -0.3 is 14.4 Å². The van der Waals surface area contributed by atoms with Crippen molar-refractivity contribution in [3.63, 3.8) is 0 Å². The zero-order valence-electron chi connectivity index (χ0n) is 22.3. The van der Waals surface area contributed by atoms with Gasteiger partial charge in [-0.2, -0.15) is 0 Å². The van der Waals surface area contributed by atoms with Crippen molar-refractivity contribution < 1.29 is 23.6 Å². The van der Waals surface area contributed by atoms with Gasteiger partial charge in [-0.3, -0.25) is 4.79 Å². The zero-order valence-corrected chi connectivity index (χ0v) is 23.9. The van der Waals surface area contributed by atoms with E-state index in [0.29, 0.717) is 62.5 Å². The number of hydrogen-bond acceptors (Lipinski definition) is 4. The van der Waals surface area contributed by atoms with Crippen molar-refractivity contribution in [2.75, 3.05) is 6.61 Å². The molecule has 3 aromatic carbocycles. The molecular weight excluding hydrogens is 534 g/mol. The molecule has 0 saturated heterocycles. The Morgan fingerprint density at radius 1 is 0.923 bits per heavy atom. The van der Waals surface area contributed by atoms with E-state index in [4.69, 9.17) is 16.3 Å². The minimum Gasteiger partial charge on any atom is -0.494 e. The molecular formula is C31H30ClNO5S. The maximum absolute atomic E-state index is 13.6. The first kappa shape index (κ1) is 28.3. The fourth-order valence-corrected chi connectivity index (χ4v) is 6.19. The second-order valence-corrected chi connectivity index (χ2v) is 11.2. The molecule has 1 heterocycles. The van der Waals surface area contributed by atoms with Crippen LogP contribution in [0.25, 0.3) is 0 Å². The van der Waals surface area contributed by atoms with E-state index in [2.05, 4.69) is 0 Å². The molecule has 202 valence electrons. The summed E-state index contributed by atoms with van der Waals surface area (Å²) in [6.07, 6.45) is 0.554. The quantitative estimate of drug-likeness (QED) is 0.167. The molecule has 0 aliphatic carbocycles. The van der Waals surface area contributed by atoms with Crippen LogP contribution in [0.5, 0.6) is 5.75 Å². The average Bonchev–Trinajstić information content (AvgIpc) is 3.18. The molecule has 1 aromatic heterocycles. The number of carbonyl (C=O) groups excluding carboxylic acids is 1. The van der Waals surface area contributed by atoms with Gasteiger partial charge in [0.2, 0.25) is 0 Å². The third-order valence-electron chi connectivity index (χ3n) is 6.66. The van der Waals surface area contributed by atoms with E-state index in [1.807, 2.05) is 32.0 Å². The van der Waals surface area contributed by atoms with Gasteiger partial charge in [0.05, 0.1) is 22.3 Å². The number of aromatic carboxylic acids is 1. The Hall–Kier alpha value is -3.68.